The van der Waals surface area contributed by atoms with Gasteiger partial charge >= 0.3 is 5.97 Å². The molecule has 23 heteroatoms. The molecule has 0 aromatic rings. The maximum absolute atomic E-state index is 13.2. The van der Waals surface area contributed by atoms with Gasteiger partial charge in [-0.15, -0.1) is 0 Å². The Labute approximate surface area is 455 Å². The number of allylic oxidation sites excluding steroid dienone is 2. The van der Waals surface area contributed by atoms with E-state index >= 15 is 0 Å². The Balaban J connectivity index is 0.991. The summed E-state index contributed by atoms with van der Waals surface area (Å²) in [5.74, 6) is -1.08. The number of carbonyl (C=O) groups excluding carboxylic acids is 1. The molecule has 4 saturated carbocycles. The number of ether oxygens (including phenoxy) is 9. The number of aliphatic hydroxyl groups excluding tert-OH is 13. The maximum atomic E-state index is 13.2. The van der Waals surface area contributed by atoms with Crippen molar-refractivity contribution >= 4 is 5.97 Å². The Morgan fingerprint density at radius 1 is 0.564 bits per heavy atom. The molecule has 0 bridgehead atoms. The van der Waals surface area contributed by atoms with Crippen LogP contribution in [0.1, 0.15) is 113 Å². The van der Waals surface area contributed by atoms with E-state index in [1.54, 1.807) is 6.92 Å². The highest BCUT2D eigenvalue weighted by Crippen LogP contribution is 2.76. The lowest BCUT2D eigenvalue weighted by atomic mass is 9.33. The highest BCUT2D eigenvalue weighted by Gasteiger charge is 2.70. The summed E-state index contributed by atoms with van der Waals surface area (Å²) >= 11 is 0. The average molecular weight is 1120 g/mol. The minimum absolute atomic E-state index is 0.00850. The van der Waals surface area contributed by atoms with Crippen LogP contribution in [-0.2, 0) is 47.4 Å². The van der Waals surface area contributed by atoms with E-state index in [-0.39, 0.29) is 47.2 Å². The molecule has 9 rings (SSSR count). The average Bonchev–Trinajstić information content (AvgIpc) is 3.40. The smallest absolute Gasteiger partial charge is 0.337 e. The summed E-state index contributed by atoms with van der Waals surface area (Å²) < 4.78 is 54.5. The van der Waals surface area contributed by atoms with Gasteiger partial charge in [-0.1, -0.05) is 53.2 Å². The Kier molecular flexibility index (Phi) is 17.3. The summed E-state index contributed by atoms with van der Waals surface area (Å²) in [4.78, 5) is 13.2. The lowest BCUT2D eigenvalue weighted by molar-refractivity contribution is -0.396. The summed E-state index contributed by atoms with van der Waals surface area (Å²) in [6.07, 6.45) is -25.1. The number of aliphatic hydroxyl groups is 13. The van der Waals surface area contributed by atoms with Crippen molar-refractivity contribution in [3.05, 3.63) is 11.6 Å². The molecule has 4 aliphatic heterocycles. The quantitative estimate of drug-likeness (QED) is 0.0608. The summed E-state index contributed by atoms with van der Waals surface area (Å²) in [7, 11) is 1.07. The fourth-order valence-electron chi connectivity index (χ4n) is 16.7. The van der Waals surface area contributed by atoms with Crippen LogP contribution < -0.4 is 0 Å². The molecular weight excluding hydrogens is 1030 g/mol. The van der Waals surface area contributed by atoms with E-state index in [1.165, 1.54) is 12.5 Å². The van der Waals surface area contributed by atoms with E-state index in [4.69, 9.17) is 42.6 Å². The van der Waals surface area contributed by atoms with Gasteiger partial charge in [0.25, 0.3) is 0 Å². The lowest BCUT2D eigenvalue weighted by Gasteiger charge is -2.72. The molecule has 8 fully saturated rings. The van der Waals surface area contributed by atoms with Gasteiger partial charge in [0.15, 0.2) is 31.3 Å². The molecule has 0 unspecified atom stereocenters. The summed E-state index contributed by atoms with van der Waals surface area (Å²) in [5, 5.41) is 143. The molecule has 0 aromatic carbocycles. The highest BCUT2D eigenvalue weighted by molar-refractivity contribution is 5.75. The molecule has 0 aromatic heterocycles. The van der Waals surface area contributed by atoms with Crippen LogP contribution in [-0.4, -0.2) is 234 Å². The minimum atomic E-state index is -1.99. The number of methoxy groups -OCH3 is 1. The first-order valence-corrected chi connectivity index (χ1v) is 28.2. The van der Waals surface area contributed by atoms with Crippen LogP contribution in [0, 0.1) is 50.2 Å². The highest BCUT2D eigenvalue weighted by atomic mass is 16.8. The van der Waals surface area contributed by atoms with E-state index in [0.717, 1.165) is 32.8 Å². The zero-order valence-electron chi connectivity index (χ0n) is 46.4. The predicted octanol–water partition coefficient (Wildman–Crippen LogP) is -1.38. The van der Waals surface area contributed by atoms with Gasteiger partial charge in [0.2, 0.25) is 0 Å². The normalized spacial score (nSPS) is 56.3. The molecule has 9 aliphatic rings. The minimum Gasteiger partial charge on any atom is -0.467 e. The van der Waals surface area contributed by atoms with Crippen LogP contribution in [0.25, 0.3) is 0 Å². The van der Waals surface area contributed by atoms with Gasteiger partial charge in [-0.25, -0.2) is 4.79 Å². The molecule has 78 heavy (non-hydrogen) atoms. The third-order valence-corrected chi connectivity index (χ3v) is 22.0. The Bertz CT molecular complexity index is 2160. The Hall–Kier alpha value is -1.63. The van der Waals surface area contributed by atoms with Crippen LogP contribution in [0.3, 0.4) is 0 Å². The molecule has 448 valence electrons. The van der Waals surface area contributed by atoms with Gasteiger partial charge < -0.3 is 109 Å². The number of esters is 1. The number of rotatable bonds is 12. The summed E-state index contributed by atoms with van der Waals surface area (Å²) in [6, 6.07) is 0. The molecule has 4 heterocycles. The Morgan fingerprint density at radius 3 is 1.71 bits per heavy atom. The van der Waals surface area contributed by atoms with Crippen molar-refractivity contribution in [2.24, 2.45) is 50.2 Å². The van der Waals surface area contributed by atoms with E-state index in [2.05, 4.69) is 40.7 Å². The van der Waals surface area contributed by atoms with Crippen LogP contribution in [0.5, 0.6) is 0 Å². The molecule has 23 nitrogen and oxygen atoms in total. The van der Waals surface area contributed by atoms with Crippen LogP contribution in [0.2, 0.25) is 0 Å². The van der Waals surface area contributed by atoms with Crippen LogP contribution in [0.4, 0.5) is 0 Å². The molecule has 0 spiro atoms. The van der Waals surface area contributed by atoms with Gasteiger partial charge in [-0.05, 0) is 111 Å². The summed E-state index contributed by atoms with van der Waals surface area (Å²) in [6.45, 7) is 15.1. The van der Waals surface area contributed by atoms with Crippen molar-refractivity contribution in [3.63, 3.8) is 0 Å². The first kappa shape index (κ1) is 60.9. The molecule has 31 atom stereocenters. The van der Waals surface area contributed by atoms with Crippen molar-refractivity contribution in [3.8, 4) is 0 Å². The monoisotopic (exact) mass is 1120 g/mol. The SMILES string of the molecule is COC(=O)[C@H]1O[C@@H](O[C@H]2CC[C@@]3(C)[C@@H](CC[C@]4(C)[C@@H]3CC=C3[C@@H]5C[C@](C)(CO)C[C@@H](O[C@@H]6O[C@@H](C)[C@H](O)[C@@H](O)[C@H]6O)[C@]5(C)CC[C@]34C)[C@@]2(C)CO)[C@H](O[C@@H]2O[C@H](CO)[C@@H](O)[C@H](O)[C@H]2O[C@@H]2O[C@@H](C)[C@H](O)[C@@H](O)[C@H]2O)[C@@H](O)[C@@H]1O. The van der Waals surface area contributed by atoms with Crippen LogP contribution in [0.15, 0.2) is 11.6 Å². The molecule has 0 radical (unpaired) electrons. The molecule has 5 aliphatic carbocycles. The van der Waals surface area contributed by atoms with E-state index in [0.29, 0.717) is 32.1 Å². The standard InChI is InChI=1S/C55H90O23/c1-23-32(59)35(62)40(67)46(71-23)75-31-19-50(3,21-57)18-26-25-10-11-29-52(5)14-13-30(53(6,22-58)28(52)12-15-55(29,8)54(25,7)17-16-51(26,31)4)74-49-44(39(66)38(65)42(76-49)45(69)70-9)78-48-43(37(64)34(61)27(20-56)73-48)77-47-41(68)36(63)33(60)24(2)72-47/h10,23-24,26-44,46-49,56-68H,11-22H2,1-9H3/t23-,24-,26-,27+,28+,29+,30-,31+,32-,33-,34+,35+,36+,37-,38-,39-,40+,41+,42-,43+,44+,46-,47-,48-,49+,50-,51+,52-,53+,54+,55+/m0/s1. The van der Waals surface area contributed by atoms with Gasteiger partial charge in [0.1, 0.15) is 79.4 Å². The second kappa shape index (κ2) is 22.1. The van der Waals surface area contributed by atoms with E-state index in [9.17, 15) is 71.2 Å². The molecule has 0 amide bonds. The van der Waals surface area contributed by atoms with Crippen molar-refractivity contribution in [2.45, 2.75) is 248 Å². The molecule has 13 N–H and O–H groups in total. The number of fused-ring (bicyclic) bond motifs is 7. The van der Waals surface area contributed by atoms with Gasteiger partial charge in [-0.2, -0.15) is 0 Å². The lowest BCUT2D eigenvalue weighted by Crippen LogP contribution is -2.68. The number of hydrogen-bond donors (Lipinski definition) is 13. The second-order valence-electron chi connectivity index (χ2n) is 26.4. The van der Waals surface area contributed by atoms with Gasteiger partial charge in [0, 0.05) is 17.4 Å². The third kappa shape index (κ3) is 9.68. The zero-order valence-corrected chi connectivity index (χ0v) is 46.4. The maximum Gasteiger partial charge on any atom is 0.337 e. The fraction of sp³-hybridized carbons (Fsp3) is 0.945. The second-order valence-corrected chi connectivity index (χ2v) is 26.4. The van der Waals surface area contributed by atoms with Gasteiger partial charge in [-0.3, -0.25) is 0 Å². The Morgan fingerprint density at radius 2 is 1.13 bits per heavy atom. The fourth-order valence-corrected chi connectivity index (χ4v) is 16.7. The predicted molar refractivity (Wildman–Crippen MR) is 268 cm³/mol. The summed E-state index contributed by atoms with van der Waals surface area (Å²) in [5.41, 5.74) is -1.54. The third-order valence-electron chi connectivity index (χ3n) is 22.0. The largest absolute Gasteiger partial charge is 0.467 e. The first-order chi connectivity index (χ1) is 36.5. The van der Waals surface area contributed by atoms with Crippen molar-refractivity contribution in [1.82, 2.24) is 0 Å². The molecular formula is C55H90O23. The van der Waals surface area contributed by atoms with Crippen LogP contribution >= 0.6 is 0 Å². The van der Waals surface area contributed by atoms with Crippen molar-refractivity contribution in [2.75, 3.05) is 26.9 Å². The van der Waals surface area contributed by atoms with Gasteiger partial charge in [0.05, 0.1) is 44.7 Å². The zero-order chi connectivity index (χ0) is 57.1. The number of carbonyl (C=O) groups is 1. The van der Waals surface area contributed by atoms with Crippen molar-refractivity contribution < 1.29 is 114 Å². The topological polar surface area (TPSA) is 363 Å². The van der Waals surface area contributed by atoms with E-state index < -0.39 is 164 Å². The van der Waals surface area contributed by atoms with E-state index in [1.807, 2.05) is 6.92 Å². The molecule has 4 saturated heterocycles. The van der Waals surface area contributed by atoms with Crippen molar-refractivity contribution in [1.29, 1.82) is 0 Å². The number of hydrogen-bond acceptors (Lipinski definition) is 23. The first-order valence-electron chi connectivity index (χ1n) is 28.2.